The van der Waals surface area contributed by atoms with Crippen molar-refractivity contribution in [2.24, 2.45) is 28.1 Å². The number of nitrogens with two attached hydrogens (primary N) is 3. The summed E-state index contributed by atoms with van der Waals surface area (Å²) in [6.45, 7) is 3.31. The molecule has 1 aromatic carbocycles. The quantitative estimate of drug-likeness (QED) is 0.0823. The molecule has 0 aromatic heterocycles. The number of guanidine groups is 1. The number of nitrogens with zero attached hydrogens (tertiary/aromatic N) is 1. The topological polar surface area (TPSA) is 235 Å². The largest absolute Gasteiger partial charge is 0.508 e. The average molecular weight is 494 g/mol. The molecular formula is C22H35N7O6. The second-order valence-corrected chi connectivity index (χ2v) is 8.27. The number of phenols is 1. The van der Waals surface area contributed by atoms with Crippen LogP contribution in [-0.2, 0) is 25.6 Å². The predicted molar refractivity (Wildman–Crippen MR) is 129 cm³/mol. The van der Waals surface area contributed by atoms with E-state index < -0.39 is 41.8 Å². The number of amides is 3. The third kappa shape index (κ3) is 10.7. The van der Waals surface area contributed by atoms with Crippen LogP contribution < -0.4 is 33.2 Å². The fourth-order valence-electron chi connectivity index (χ4n) is 3.14. The molecule has 1 aromatic rings. The van der Waals surface area contributed by atoms with Gasteiger partial charge in [-0.25, -0.2) is 4.79 Å². The van der Waals surface area contributed by atoms with Crippen molar-refractivity contribution in [3.05, 3.63) is 29.8 Å². The zero-order valence-corrected chi connectivity index (χ0v) is 19.9. The van der Waals surface area contributed by atoms with Crippen molar-refractivity contribution in [1.82, 2.24) is 16.0 Å². The van der Waals surface area contributed by atoms with Gasteiger partial charge in [-0.3, -0.25) is 19.4 Å². The maximum Gasteiger partial charge on any atom is 0.326 e. The molecule has 194 valence electrons. The normalized spacial score (nSPS) is 13.3. The number of carboxylic acid groups (broad SMARTS) is 1. The number of hydrogen-bond acceptors (Lipinski definition) is 7. The number of aromatic hydroxyl groups is 1. The standard InChI is InChI=1S/C22H35N7O6/c1-12(2)18(29-17(31)11-23)20(33)27-15(4-3-9-26-22(24)25)19(32)28-16(21(34)35)10-13-5-7-14(30)8-6-13/h5-8,12,15-16,18,30H,3-4,9-11,23H2,1-2H3,(H,27,33)(H,28,32)(H,29,31)(H,34,35)(H4,24,25,26). The van der Waals surface area contributed by atoms with Crippen molar-refractivity contribution < 1.29 is 29.4 Å². The Labute approximate surface area is 203 Å². The minimum absolute atomic E-state index is 0.0228. The highest BCUT2D eigenvalue weighted by molar-refractivity contribution is 5.93. The number of aliphatic carboxylic acids is 1. The number of hydrogen-bond donors (Lipinski definition) is 8. The molecule has 0 heterocycles. The molecule has 3 atom stereocenters. The van der Waals surface area contributed by atoms with E-state index in [4.69, 9.17) is 17.2 Å². The molecule has 3 unspecified atom stereocenters. The van der Waals surface area contributed by atoms with Crippen LogP contribution in [0.4, 0.5) is 0 Å². The fraction of sp³-hybridized carbons (Fsp3) is 0.500. The molecule has 11 N–H and O–H groups in total. The summed E-state index contributed by atoms with van der Waals surface area (Å²) in [5, 5.41) is 26.6. The summed E-state index contributed by atoms with van der Waals surface area (Å²) in [5.41, 5.74) is 16.5. The molecule has 0 aliphatic carbocycles. The lowest BCUT2D eigenvalue weighted by molar-refractivity contribution is -0.142. The predicted octanol–water partition coefficient (Wildman–Crippen LogP) is -1.86. The van der Waals surface area contributed by atoms with Crippen molar-refractivity contribution >= 4 is 29.7 Å². The molecule has 0 aliphatic rings. The van der Waals surface area contributed by atoms with Gasteiger partial charge in [0, 0.05) is 13.0 Å². The van der Waals surface area contributed by atoms with Gasteiger partial charge in [0.2, 0.25) is 17.7 Å². The first-order valence-corrected chi connectivity index (χ1v) is 11.1. The summed E-state index contributed by atoms with van der Waals surface area (Å²) in [6.07, 6.45) is 0.375. The van der Waals surface area contributed by atoms with E-state index in [0.29, 0.717) is 12.0 Å². The van der Waals surface area contributed by atoms with Gasteiger partial charge >= 0.3 is 5.97 Å². The Kier molecular flexibility index (Phi) is 12.0. The maximum absolute atomic E-state index is 13.0. The summed E-state index contributed by atoms with van der Waals surface area (Å²) in [5.74, 6) is -3.55. The van der Waals surface area contributed by atoms with Gasteiger partial charge in [-0.15, -0.1) is 0 Å². The van der Waals surface area contributed by atoms with Crippen LogP contribution in [0, 0.1) is 5.92 Å². The molecule has 0 spiro atoms. The maximum atomic E-state index is 13.0. The van der Waals surface area contributed by atoms with Gasteiger partial charge in [-0.2, -0.15) is 0 Å². The van der Waals surface area contributed by atoms with Crippen molar-refractivity contribution in [3.8, 4) is 5.75 Å². The molecule has 0 saturated carbocycles. The molecule has 0 radical (unpaired) electrons. The number of carbonyl (C=O) groups is 4. The van der Waals surface area contributed by atoms with Crippen LogP contribution in [0.25, 0.3) is 0 Å². The van der Waals surface area contributed by atoms with Gasteiger partial charge in [0.1, 0.15) is 23.9 Å². The van der Waals surface area contributed by atoms with E-state index in [-0.39, 0.29) is 43.6 Å². The number of nitrogens with one attached hydrogen (secondary N) is 3. The number of aliphatic imine (C=N–C) groups is 1. The molecule has 3 amide bonds. The van der Waals surface area contributed by atoms with Gasteiger partial charge in [0.25, 0.3) is 0 Å². The Balaban J connectivity index is 3.01. The molecule has 13 nitrogen and oxygen atoms in total. The van der Waals surface area contributed by atoms with Gasteiger partial charge in [0.15, 0.2) is 5.96 Å². The number of phenolic OH excluding ortho intramolecular Hbond substituents is 1. The van der Waals surface area contributed by atoms with E-state index >= 15 is 0 Å². The summed E-state index contributed by atoms with van der Waals surface area (Å²) < 4.78 is 0. The minimum atomic E-state index is -1.29. The highest BCUT2D eigenvalue weighted by Gasteiger charge is 2.30. The third-order valence-electron chi connectivity index (χ3n) is 5.02. The van der Waals surface area contributed by atoms with Crippen LogP contribution >= 0.6 is 0 Å². The lowest BCUT2D eigenvalue weighted by Gasteiger charge is -2.26. The highest BCUT2D eigenvalue weighted by atomic mass is 16.4. The van der Waals surface area contributed by atoms with Gasteiger partial charge < -0.3 is 43.4 Å². The lowest BCUT2D eigenvalue weighted by atomic mass is 10.0. The molecule has 13 heteroatoms. The Hall–Kier alpha value is -3.87. The van der Waals surface area contributed by atoms with Crippen LogP contribution in [0.15, 0.2) is 29.3 Å². The number of benzene rings is 1. The summed E-state index contributed by atoms with van der Waals surface area (Å²) in [6, 6.07) is 2.54. The van der Waals surface area contributed by atoms with Gasteiger partial charge in [-0.1, -0.05) is 26.0 Å². The van der Waals surface area contributed by atoms with Crippen LogP contribution in [-0.4, -0.2) is 71.1 Å². The Morgan fingerprint density at radius 2 is 1.57 bits per heavy atom. The van der Waals surface area contributed by atoms with Gasteiger partial charge in [0.05, 0.1) is 6.54 Å². The average Bonchev–Trinajstić information content (AvgIpc) is 2.79. The zero-order chi connectivity index (χ0) is 26.5. The molecule has 35 heavy (non-hydrogen) atoms. The highest BCUT2D eigenvalue weighted by Crippen LogP contribution is 2.12. The monoisotopic (exact) mass is 493 g/mol. The fourth-order valence-corrected chi connectivity index (χ4v) is 3.14. The van der Waals surface area contributed by atoms with Crippen LogP contribution in [0.5, 0.6) is 5.75 Å². The van der Waals surface area contributed by atoms with E-state index in [1.54, 1.807) is 26.0 Å². The molecule has 0 saturated heterocycles. The van der Waals surface area contributed by atoms with Crippen LogP contribution in [0.1, 0.15) is 32.3 Å². The Morgan fingerprint density at radius 1 is 0.971 bits per heavy atom. The van der Waals surface area contributed by atoms with Crippen molar-refractivity contribution in [3.63, 3.8) is 0 Å². The van der Waals surface area contributed by atoms with E-state index in [1.165, 1.54) is 12.1 Å². The first kappa shape index (κ1) is 29.2. The second kappa shape index (κ2) is 14.4. The molecular weight excluding hydrogens is 458 g/mol. The number of carbonyl (C=O) groups excluding carboxylic acids is 3. The van der Waals surface area contributed by atoms with Crippen LogP contribution in [0.2, 0.25) is 0 Å². The van der Waals surface area contributed by atoms with Crippen LogP contribution in [0.3, 0.4) is 0 Å². The molecule has 0 aliphatic heterocycles. The Morgan fingerprint density at radius 3 is 2.09 bits per heavy atom. The SMILES string of the molecule is CC(C)C(NC(=O)CN)C(=O)NC(CCCN=C(N)N)C(=O)NC(Cc1ccc(O)cc1)C(=O)O. The molecule has 0 fully saturated rings. The first-order valence-electron chi connectivity index (χ1n) is 11.1. The lowest BCUT2D eigenvalue weighted by Crippen LogP contribution is -2.57. The molecule has 1 rings (SSSR count). The minimum Gasteiger partial charge on any atom is -0.508 e. The molecule has 0 bridgehead atoms. The second-order valence-electron chi connectivity index (χ2n) is 8.27. The Bertz CT molecular complexity index is 900. The smallest absolute Gasteiger partial charge is 0.326 e. The first-order chi connectivity index (χ1) is 16.4. The third-order valence-corrected chi connectivity index (χ3v) is 5.02. The van der Waals surface area contributed by atoms with E-state index in [9.17, 15) is 29.4 Å². The summed E-state index contributed by atoms with van der Waals surface area (Å²) in [4.78, 5) is 53.2. The van der Waals surface area contributed by atoms with Gasteiger partial charge in [-0.05, 0) is 36.5 Å². The summed E-state index contributed by atoms with van der Waals surface area (Å²) >= 11 is 0. The van der Waals surface area contributed by atoms with Crippen molar-refractivity contribution in [1.29, 1.82) is 0 Å². The summed E-state index contributed by atoms with van der Waals surface area (Å²) in [7, 11) is 0. The van der Waals surface area contributed by atoms with Crippen molar-refractivity contribution in [2.75, 3.05) is 13.1 Å². The van der Waals surface area contributed by atoms with E-state index in [0.717, 1.165) is 0 Å². The van der Waals surface area contributed by atoms with Crippen molar-refractivity contribution in [2.45, 2.75) is 51.2 Å². The number of rotatable bonds is 14. The number of carboxylic acids is 1. The van der Waals surface area contributed by atoms with E-state index in [2.05, 4.69) is 20.9 Å². The zero-order valence-electron chi connectivity index (χ0n) is 19.9. The van der Waals surface area contributed by atoms with E-state index in [1.807, 2.05) is 0 Å².